The SMILES string of the molecule is Cc1ccc(C)c(CS[C@@H](C)C(=O)Nc2ncccn2)c1. The number of anilines is 1. The zero-order valence-corrected chi connectivity index (χ0v) is 13.3. The fourth-order valence-electron chi connectivity index (χ4n) is 1.82. The van der Waals surface area contributed by atoms with E-state index in [1.54, 1.807) is 30.2 Å². The molecule has 0 spiro atoms. The molecule has 0 bridgehead atoms. The average Bonchev–Trinajstić information content (AvgIpc) is 2.49. The summed E-state index contributed by atoms with van der Waals surface area (Å²) in [6, 6.07) is 8.11. The van der Waals surface area contributed by atoms with Gasteiger partial charge in [-0.15, -0.1) is 11.8 Å². The third-order valence-electron chi connectivity index (χ3n) is 3.16. The summed E-state index contributed by atoms with van der Waals surface area (Å²) in [5, 5.41) is 2.56. The molecule has 0 radical (unpaired) electrons. The second kappa shape index (κ2) is 7.22. The van der Waals surface area contributed by atoms with E-state index >= 15 is 0 Å². The molecule has 5 heteroatoms. The quantitative estimate of drug-likeness (QED) is 0.920. The number of aryl methyl sites for hydroxylation is 2. The van der Waals surface area contributed by atoms with E-state index in [2.05, 4.69) is 47.3 Å². The van der Waals surface area contributed by atoms with Crippen LogP contribution >= 0.6 is 11.8 Å². The van der Waals surface area contributed by atoms with Gasteiger partial charge in [-0.05, 0) is 38.0 Å². The Hall–Kier alpha value is -1.88. The van der Waals surface area contributed by atoms with Crippen LogP contribution < -0.4 is 5.32 Å². The first kappa shape index (κ1) is 15.5. The second-order valence-corrected chi connectivity index (χ2v) is 6.27. The minimum atomic E-state index is -0.159. The van der Waals surface area contributed by atoms with E-state index in [1.807, 2.05) is 6.92 Å². The number of nitrogens with one attached hydrogen (secondary N) is 1. The fraction of sp³-hybridized carbons (Fsp3) is 0.312. The molecule has 0 fully saturated rings. The van der Waals surface area contributed by atoms with Crippen molar-refractivity contribution in [1.82, 2.24) is 9.97 Å². The Kier molecular flexibility index (Phi) is 5.33. The molecule has 21 heavy (non-hydrogen) atoms. The number of thioether (sulfide) groups is 1. The molecule has 0 saturated heterocycles. The molecule has 1 atom stereocenters. The predicted molar refractivity (Wildman–Crippen MR) is 87.3 cm³/mol. The monoisotopic (exact) mass is 301 g/mol. The van der Waals surface area contributed by atoms with Gasteiger partial charge in [0.2, 0.25) is 11.9 Å². The lowest BCUT2D eigenvalue weighted by molar-refractivity contribution is -0.115. The van der Waals surface area contributed by atoms with Crippen molar-refractivity contribution in [3.8, 4) is 0 Å². The van der Waals surface area contributed by atoms with Crippen molar-refractivity contribution < 1.29 is 4.79 Å². The Balaban J connectivity index is 1.90. The van der Waals surface area contributed by atoms with E-state index in [1.165, 1.54) is 16.7 Å². The number of rotatable bonds is 5. The van der Waals surface area contributed by atoms with Crippen molar-refractivity contribution in [2.75, 3.05) is 5.32 Å². The molecule has 1 aromatic heterocycles. The van der Waals surface area contributed by atoms with Gasteiger partial charge in [0.15, 0.2) is 0 Å². The van der Waals surface area contributed by atoms with Crippen molar-refractivity contribution in [1.29, 1.82) is 0 Å². The summed E-state index contributed by atoms with van der Waals surface area (Å²) in [7, 11) is 0. The van der Waals surface area contributed by atoms with Crippen LogP contribution in [0, 0.1) is 13.8 Å². The van der Waals surface area contributed by atoms with Crippen molar-refractivity contribution in [2.24, 2.45) is 0 Å². The highest BCUT2D eigenvalue weighted by Gasteiger charge is 2.15. The van der Waals surface area contributed by atoms with Crippen molar-refractivity contribution in [3.63, 3.8) is 0 Å². The van der Waals surface area contributed by atoms with Crippen molar-refractivity contribution in [2.45, 2.75) is 31.8 Å². The predicted octanol–water partition coefficient (Wildman–Crippen LogP) is 3.35. The molecule has 0 saturated carbocycles. The van der Waals surface area contributed by atoms with Gasteiger partial charge in [-0.3, -0.25) is 10.1 Å². The Morgan fingerprint density at radius 3 is 2.71 bits per heavy atom. The molecule has 0 aliphatic rings. The number of benzene rings is 1. The number of nitrogens with zero attached hydrogens (tertiary/aromatic N) is 2. The number of carbonyl (C=O) groups excluding carboxylic acids is 1. The summed E-state index contributed by atoms with van der Waals surface area (Å²) in [5.41, 5.74) is 3.77. The first-order chi connectivity index (χ1) is 10.1. The Morgan fingerprint density at radius 2 is 2.00 bits per heavy atom. The summed E-state index contributed by atoms with van der Waals surface area (Å²) in [6.45, 7) is 6.07. The highest BCUT2D eigenvalue weighted by molar-refractivity contribution is 7.99. The Labute approximate surface area is 129 Å². The van der Waals surface area contributed by atoms with Crippen LogP contribution in [0.4, 0.5) is 5.95 Å². The second-order valence-electron chi connectivity index (χ2n) is 4.94. The summed E-state index contributed by atoms with van der Waals surface area (Å²) >= 11 is 1.61. The molecule has 2 rings (SSSR count). The van der Waals surface area contributed by atoms with Gasteiger partial charge in [0.1, 0.15) is 0 Å². The first-order valence-corrected chi connectivity index (χ1v) is 7.87. The molecule has 4 nitrogen and oxygen atoms in total. The maximum Gasteiger partial charge on any atom is 0.239 e. The van der Waals surface area contributed by atoms with Crippen LogP contribution in [-0.2, 0) is 10.5 Å². The topological polar surface area (TPSA) is 54.9 Å². The lowest BCUT2D eigenvalue weighted by Gasteiger charge is -2.12. The minimum absolute atomic E-state index is 0.0727. The van der Waals surface area contributed by atoms with Gasteiger partial charge in [-0.25, -0.2) is 9.97 Å². The zero-order valence-electron chi connectivity index (χ0n) is 12.5. The van der Waals surface area contributed by atoms with Crippen LogP contribution in [0.1, 0.15) is 23.6 Å². The fourth-order valence-corrected chi connectivity index (χ4v) is 2.77. The van der Waals surface area contributed by atoms with E-state index in [4.69, 9.17) is 0 Å². The summed E-state index contributed by atoms with van der Waals surface area (Å²) in [4.78, 5) is 20.1. The Bertz CT molecular complexity index is 616. The summed E-state index contributed by atoms with van der Waals surface area (Å²) in [6.07, 6.45) is 3.22. The van der Waals surface area contributed by atoms with Gasteiger partial charge in [0, 0.05) is 18.1 Å². The largest absolute Gasteiger partial charge is 0.294 e. The van der Waals surface area contributed by atoms with Crippen LogP contribution in [0.2, 0.25) is 0 Å². The number of amides is 1. The third kappa shape index (κ3) is 4.56. The zero-order chi connectivity index (χ0) is 15.2. The normalized spacial score (nSPS) is 12.0. The molecule has 1 N–H and O–H groups in total. The Morgan fingerprint density at radius 1 is 1.29 bits per heavy atom. The van der Waals surface area contributed by atoms with Gasteiger partial charge in [-0.2, -0.15) is 0 Å². The molecule has 0 aliphatic heterocycles. The highest BCUT2D eigenvalue weighted by Crippen LogP contribution is 2.21. The molecular formula is C16H19N3OS. The van der Waals surface area contributed by atoms with E-state index in [-0.39, 0.29) is 11.2 Å². The molecule has 110 valence electrons. The van der Waals surface area contributed by atoms with Crippen molar-refractivity contribution >= 4 is 23.6 Å². The van der Waals surface area contributed by atoms with Gasteiger partial charge < -0.3 is 0 Å². The molecule has 0 unspecified atom stereocenters. The summed E-state index contributed by atoms with van der Waals surface area (Å²) in [5.74, 6) is 1.09. The lowest BCUT2D eigenvalue weighted by atomic mass is 10.1. The number of aromatic nitrogens is 2. The van der Waals surface area contributed by atoms with Gasteiger partial charge >= 0.3 is 0 Å². The number of carbonyl (C=O) groups is 1. The first-order valence-electron chi connectivity index (χ1n) is 6.82. The molecule has 1 amide bonds. The van der Waals surface area contributed by atoms with Crippen LogP contribution in [0.25, 0.3) is 0 Å². The average molecular weight is 301 g/mol. The van der Waals surface area contributed by atoms with E-state index in [9.17, 15) is 4.79 Å². The van der Waals surface area contributed by atoms with Crippen LogP contribution in [-0.4, -0.2) is 21.1 Å². The van der Waals surface area contributed by atoms with Crippen molar-refractivity contribution in [3.05, 3.63) is 53.3 Å². The minimum Gasteiger partial charge on any atom is -0.294 e. The molecule has 1 heterocycles. The highest BCUT2D eigenvalue weighted by atomic mass is 32.2. The molecule has 0 aliphatic carbocycles. The number of hydrogen-bond donors (Lipinski definition) is 1. The van der Waals surface area contributed by atoms with Gasteiger partial charge in [0.05, 0.1) is 5.25 Å². The van der Waals surface area contributed by atoms with E-state index < -0.39 is 0 Å². The smallest absolute Gasteiger partial charge is 0.239 e. The van der Waals surface area contributed by atoms with E-state index in [0.29, 0.717) is 5.95 Å². The standard InChI is InChI=1S/C16H19N3OS/c1-11-5-6-12(2)14(9-11)10-21-13(3)15(20)19-16-17-7-4-8-18-16/h4-9,13H,10H2,1-3H3,(H,17,18,19,20)/t13-/m0/s1. The maximum absolute atomic E-state index is 12.1. The van der Waals surface area contributed by atoms with Gasteiger partial charge in [0.25, 0.3) is 0 Å². The molecule has 2 aromatic rings. The number of hydrogen-bond acceptors (Lipinski definition) is 4. The van der Waals surface area contributed by atoms with Gasteiger partial charge in [-0.1, -0.05) is 23.8 Å². The maximum atomic E-state index is 12.1. The summed E-state index contributed by atoms with van der Waals surface area (Å²) < 4.78 is 0. The lowest BCUT2D eigenvalue weighted by Crippen LogP contribution is -2.23. The van der Waals surface area contributed by atoms with E-state index in [0.717, 1.165) is 5.75 Å². The van der Waals surface area contributed by atoms with Crippen LogP contribution in [0.5, 0.6) is 0 Å². The molecule has 1 aromatic carbocycles. The molecular weight excluding hydrogens is 282 g/mol. The third-order valence-corrected chi connectivity index (χ3v) is 4.36. The van der Waals surface area contributed by atoms with Crippen LogP contribution in [0.15, 0.2) is 36.7 Å². The van der Waals surface area contributed by atoms with Crippen LogP contribution in [0.3, 0.4) is 0 Å².